The molecule has 2 unspecified atom stereocenters. The fourth-order valence-electron chi connectivity index (χ4n) is 5.27. The number of rotatable bonds is 16. The van der Waals surface area contributed by atoms with E-state index in [1.165, 1.54) is 20.9 Å². The third-order valence-corrected chi connectivity index (χ3v) is 8.52. The molecule has 1 fully saturated rings. The fraction of sp³-hybridized carbons (Fsp3) is 0.422. The SMILES string of the molecule is C=C/C(=C\C)CCNC(=O)CN1CC(N(OC(C)Cc2ccc(O)cc2)C(=O)OCCCCC)N(C=O)CC1=O.CC.Cc1ccc(O)cc1.Cc1ccc(O)cc1. The number of unbranched alkanes of at least 4 members (excludes halogenated alkanes) is 2. The minimum absolute atomic E-state index is 0.131. The van der Waals surface area contributed by atoms with Crippen LogP contribution in [0.2, 0.25) is 0 Å². The maximum absolute atomic E-state index is 13.2. The molecule has 0 spiro atoms. The van der Waals surface area contributed by atoms with Gasteiger partial charge in [-0.15, -0.1) is 0 Å². The predicted molar refractivity (Wildman–Crippen MR) is 227 cm³/mol. The Hall–Kier alpha value is -5.82. The average molecular weight is 805 g/mol. The molecule has 0 aromatic heterocycles. The van der Waals surface area contributed by atoms with Crippen LogP contribution in [0.5, 0.6) is 17.2 Å². The molecule has 4 amide bonds. The van der Waals surface area contributed by atoms with Crippen molar-refractivity contribution >= 4 is 24.3 Å². The van der Waals surface area contributed by atoms with Crippen molar-refractivity contribution in [3.05, 3.63) is 114 Å². The first-order chi connectivity index (χ1) is 27.8. The lowest BCUT2D eigenvalue weighted by molar-refractivity contribution is -0.225. The number of hydroxylamine groups is 2. The van der Waals surface area contributed by atoms with Crippen molar-refractivity contribution in [3.8, 4) is 17.2 Å². The molecule has 58 heavy (non-hydrogen) atoms. The summed E-state index contributed by atoms with van der Waals surface area (Å²) in [5.74, 6) is 0.00928. The largest absolute Gasteiger partial charge is 0.508 e. The van der Waals surface area contributed by atoms with Gasteiger partial charge in [0.2, 0.25) is 18.2 Å². The molecule has 13 nitrogen and oxygen atoms in total. The van der Waals surface area contributed by atoms with Crippen molar-refractivity contribution < 1.29 is 44.1 Å². The van der Waals surface area contributed by atoms with Crippen LogP contribution in [0.1, 0.15) is 77.0 Å². The van der Waals surface area contributed by atoms with Gasteiger partial charge in [-0.3, -0.25) is 19.2 Å². The molecule has 0 radical (unpaired) electrons. The Bertz CT molecular complexity index is 1590. The first kappa shape index (κ1) is 50.2. The third-order valence-electron chi connectivity index (χ3n) is 8.52. The number of nitrogens with zero attached hydrogens (tertiary/aromatic N) is 3. The second-order valence-electron chi connectivity index (χ2n) is 13.3. The van der Waals surface area contributed by atoms with Gasteiger partial charge in [0.25, 0.3) is 0 Å². The molecular formula is C45H64N4O9. The number of ether oxygens (including phenoxy) is 1. The van der Waals surface area contributed by atoms with E-state index in [4.69, 9.17) is 19.8 Å². The number of phenolic OH excluding ortho intramolecular Hbond substituents is 3. The summed E-state index contributed by atoms with van der Waals surface area (Å²) in [4.78, 5) is 59.0. The summed E-state index contributed by atoms with van der Waals surface area (Å²) >= 11 is 0. The summed E-state index contributed by atoms with van der Waals surface area (Å²) in [7, 11) is 0. The molecule has 4 rings (SSSR count). The molecule has 0 saturated carbocycles. The smallest absolute Gasteiger partial charge is 0.436 e. The zero-order valence-electron chi connectivity index (χ0n) is 35.2. The Morgan fingerprint density at radius 2 is 1.47 bits per heavy atom. The molecule has 1 saturated heterocycles. The number of amides is 4. The van der Waals surface area contributed by atoms with E-state index in [2.05, 4.69) is 11.9 Å². The van der Waals surface area contributed by atoms with Gasteiger partial charge in [-0.1, -0.05) is 105 Å². The first-order valence-electron chi connectivity index (χ1n) is 19.7. The molecule has 1 aliphatic heterocycles. The number of benzene rings is 3. The van der Waals surface area contributed by atoms with E-state index in [-0.39, 0.29) is 37.9 Å². The van der Waals surface area contributed by atoms with Crippen molar-refractivity contribution in [2.45, 2.75) is 92.8 Å². The molecule has 2 atom stereocenters. The monoisotopic (exact) mass is 804 g/mol. The molecule has 3 aromatic carbocycles. The zero-order valence-corrected chi connectivity index (χ0v) is 35.2. The lowest BCUT2D eigenvalue weighted by Crippen LogP contribution is -2.64. The van der Waals surface area contributed by atoms with Crippen molar-refractivity contribution in [3.63, 3.8) is 0 Å². The van der Waals surface area contributed by atoms with Crippen LogP contribution in [-0.4, -0.2) is 99.6 Å². The molecule has 3 aromatic rings. The van der Waals surface area contributed by atoms with Gasteiger partial charge < -0.3 is 35.2 Å². The number of phenols is 3. The van der Waals surface area contributed by atoms with Gasteiger partial charge >= 0.3 is 6.09 Å². The number of aryl methyl sites for hydroxylation is 2. The number of hydrogen-bond acceptors (Lipinski definition) is 9. The Morgan fingerprint density at radius 1 is 0.931 bits per heavy atom. The van der Waals surface area contributed by atoms with E-state index in [9.17, 15) is 24.3 Å². The lowest BCUT2D eigenvalue weighted by Gasteiger charge is -2.43. The van der Waals surface area contributed by atoms with Crippen LogP contribution < -0.4 is 5.32 Å². The molecule has 318 valence electrons. The molecule has 13 heteroatoms. The van der Waals surface area contributed by atoms with Crippen LogP contribution in [0.3, 0.4) is 0 Å². The summed E-state index contributed by atoms with van der Waals surface area (Å²) in [6.45, 7) is 17.3. The maximum Gasteiger partial charge on any atom is 0.436 e. The number of carbonyl (C=O) groups excluding carboxylic acids is 4. The second kappa shape index (κ2) is 28.6. The minimum atomic E-state index is -1.00. The van der Waals surface area contributed by atoms with E-state index in [1.54, 1.807) is 61.5 Å². The summed E-state index contributed by atoms with van der Waals surface area (Å²) < 4.78 is 5.45. The van der Waals surface area contributed by atoms with Gasteiger partial charge in [0.1, 0.15) is 23.8 Å². The van der Waals surface area contributed by atoms with Gasteiger partial charge in [-0.2, -0.15) is 5.06 Å². The Kier molecular flexibility index (Phi) is 24.7. The van der Waals surface area contributed by atoms with Crippen LogP contribution in [0, 0.1) is 13.8 Å². The fourth-order valence-corrected chi connectivity index (χ4v) is 5.27. The molecule has 1 heterocycles. The standard InChI is InChI=1S/C29H42N4O7.2C7H8O.C2H6/c1-5-8-9-16-39-29(38)33(40-22(4)17-24-10-12-25(35)13-11-24)27-19-31(28(37)20-32(27)21-34)18-26(36)30-15-14-23(6-2)7-3;2*1-6-2-4-7(8)5-3-6;1-2/h6-7,10-13,21-22,27,35H,2,5,8-9,14-20H2,1,3-4H3,(H,30,36);2*2-5,8H,1H3;1-2H3/b23-7+;;;. The number of hydrogen-bond donors (Lipinski definition) is 4. The van der Waals surface area contributed by atoms with Crippen LogP contribution in [0.25, 0.3) is 0 Å². The van der Waals surface area contributed by atoms with Crippen LogP contribution in [0.4, 0.5) is 4.79 Å². The predicted octanol–water partition coefficient (Wildman–Crippen LogP) is 7.58. The summed E-state index contributed by atoms with van der Waals surface area (Å²) in [5, 5.41) is 30.8. The molecule has 0 bridgehead atoms. The van der Waals surface area contributed by atoms with Gasteiger partial charge in [0.15, 0.2) is 6.17 Å². The number of aromatic hydroxyl groups is 3. The molecular weight excluding hydrogens is 741 g/mol. The molecule has 4 N–H and O–H groups in total. The summed E-state index contributed by atoms with van der Waals surface area (Å²) in [5.41, 5.74) is 4.19. The van der Waals surface area contributed by atoms with Crippen molar-refractivity contribution in [1.82, 2.24) is 20.2 Å². The van der Waals surface area contributed by atoms with E-state index >= 15 is 0 Å². The van der Waals surface area contributed by atoms with Crippen LogP contribution in [-0.2, 0) is 30.4 Å². The van der Waals surface area contributed by atoms with Crippen LogP contribution >= 0.6 is 0 Å². The number of carbonyl (C=O) groups is 4. The van der Waals surface area contributed by atoms with Gasteiger partial charge in [-0.05, 0) is 82.5 Å². The second-order valence-corrected chi connectivity index (χ2v) is 13.3. The quantitative estimate of drug-likeness (QED) is 0.0494. The Balaban J connectivity index is 0.000000759. The highest BCUT2D eigenvalue weighted by Gasteiger charge is 2.40. The average Bonchev–Trinajstić information content (AvgIpc) is 3.22. The molecule has 0 aliphatic carbocycles. The minimum Gasteiger partial charge on any atom is -0.508 e. The van der Waals surface area contributed by atoms with E-state index in [0.717, 1.165) is 29.0 Å². The highest BCUT2D eigenvalue weighted by molar-refractivity contribution is 5.87. The van der Waals surface area contributed by atoms with Gasteiger partial charge in [-0.25, -0.2) is 4.79 Å². The maximum atomic E-state index is 13.2. The number of allylic oxidation sites excluding steroid dienone is 2. The first-order valence-corrected chi connectivity index (χ1v) is 19.7. The highest BCUT2D eigenvalue weighted by atomic mass is 16.7. The molecule has 1 aliphatic rings. The number of nitrogens with one attached hydrogen (secondary N) is 1. The van der Waals surface area contributed by atoms with E-state index in [1.807, 2.05) is 71.9 Å². The normalized spacial score (nSPS) is 13.9. The Morgan fingerprint density at radius 3 is 1.93 bits per heavy atom. The van der Waals surface area contributed by atoms with Crippen molar-refractivity contribution in [2.24, 2.45) is 0 Å². The summed E-state index contributed by atoms with van der Waals surface area (Å²) in [6, 6.07) is 20.8. The highest BCUT2D eigenvalue weighted by Crippen LogP contribution is 2.20. The third kappa shape index (κ3) is 19.9. The van der Waals surface area contributed by atoms with E-state index in [0.29, 0.717) is 43.7 Å². The van der Waals surface area contributed by atoms with Crippen LogP contribution in [0.15, 0.2) is 97.1 Å². The van der Waals surface area contributed by atoms with Gasteiger partial charge in [0, 0.05) is 13.0 Å². The topological polar surface area (TPSA) is 169 Å². The zero-order chi connectivity index (χ0) is 43.5. The van der Waals surface area contributed by atoms with E-state index < -0.39 is 24.3 Å². The number of piperazine rings is 1. The summed E-state index contributed by atoms with van der Waals surface area (Å²) in [6.07, 6.45) is 5.31. The Labute approximate surface area is 344 Å². The van der Waals surface area contributed by atoms with Crippen molar-refractivity contribution in [1.29, 1.82) is 0 Å². The van der Waals surface area contributed by atoms with Crippen molar-refractivity contribution in [2.75, 3.05) is 32.8 Å². The van der Waals surface area contributed by atoms with Gasteiger partial charge in [0.05, 0.1) is 25.8 Å². The lowest BCUT2D eigenvalue weighted by atomic mass is 10.1.